The average molecular weight is 287 g/mol. The normalized spacial score (nSPS) is 15.8. The molecule has 0 fully saturated rings. The lowest BCUT2D eigenvalue weighted by molar-refractivity contribution is 0.219. The van der Waals surface area contributed by atoms with E-state index < -0.39 is 6.10 Å². The van der Waals surface area contributed by atoms with E-state index in [-0.39, 0.29) is 0 Å². The molecule has 0 saturated carbocycles. The van der Waals surface area contributed by atoms with E-state index in [0.717, 1.165) is 23.1 Å². The van der Waals surface area contributed by atoms with Gasteiger partial charge in [0.15, 0.2) is 0 Å². The lowest BCUT2D eigenvalue weighted by Crippen LogP contribution is -2.07. The lowest BCUT2D eigenvalue weighted by Gasteiger charge is -2.20. The van der Waals surface area contributed by atoms with E-state index in [1.54, 1.807) is 0 Å². The number of aliphatic hydroxyl groups is 1. The molecular formula is C18H19ClO. The zero-order valence-corrected chi connectivity index (χ0v) is 12.5. The highest BCUT2D eigenvalue weighted by molar-refractivity contribution is 6.31. The third-order valence-electron chi connectivity index (χ3n) is 4.29. The number of hydrogen-bond donors (Lipinski definition) is 1. The van der Waals surface area contributed by atoms with Crippen LogP contribution in [-0.2, 0) is 12.8 Å². The predicted molar refractivity (Wildman–Crippen MR) is 83.3 cm³/mol. The summed E-state index contributed by atoms with van der Waals surface area (Å²) in [5.41, 5.74) is 5.66. The average Bonchev–Trinajstić information content (AvgIpc) is 2.49. The van der Waals surface area contributed by atoms with Gasteiger partial charge in [-0.3, -0.25) is 0 Å². The summed E-state index contributed by atoms with van der Waals surface area (Å²) < 4.78 is 0. The van der Waals surface area contributed by atoms with Gasteiger partial charge in [0.05, 0.1) is 0 Å². The summed E-state index contributed by atoms with van der Waals surface area (Å²) in [6.07, 6.45) is 4.23. The fourth-order valence-corrected chi connectivity index (χ4v) is 3.21. The quantitative estimate of drug-likeness (QED) is 0.855. The molecule has 1 N–H and O–H groups in total. The first-order valence-corrected chi connectivity index (χ1v) is 7.59. The molecule has 20 heavy (non-hydrogen) atoms. The number of fused-ring (bicyclic) bond motifs is 1. The molecule has 2 aromatic rings. The minimum absolute atomic E-state index is 0.596. The van der Waals surface area contributed by atoms with E-state index >= 15 is 0 Å². The topological polar surface area (TPSA) is 20.2 Å². The van der Waals surface area contributed by atoms with Crippen LogP contribution in [0, 0.1) is 6.92 Å². The van der Waals surface area contributed by atoms with E-state index in [1.807, 2.05) is 25.1 Å². The van der Waals surface area contributed by atoms with Gasteiger partial charge in [0.1, 0.15) is 6.10 Å². The van der Waals surface area contributed by atoms with Crippen LogP contribution in [-0.4, -0.2) is 5.11 Å². The molecule has 2 heteroatoms. The second-order valence-electron chi connectivity index (χ2n) is 5.59. The summed E-state index contributed by atoms with van der Waals surface area (Å²) in [6, 6.07) is 12.1. The molecule has 0 bridgehead atoms. The van der Waals surface area contributed by atoms with Crippen LogP contribution >= 0.6 is 11.6 Å². The van der Waals surface area contributed by atoms with Gasteiger partial charge in [0.2, 0.25) is 0 Å². The molecule has 0 heterocycles. The van der Waals surface area contributed by atoms with Gasteiger partial charge in [-0.15, -0.1) is 0 Å². The second kappa shape index (κ2) is 5.59. The maximum absolute atomic E-state index is 10.6. The van der Waals surface area contributed by atoms with Crippen LogP contribution in [0.1, 0.15) is 46.8 Å². The summed E-state index contributed by atoms with van der Waals surface area (Å²) >= 11 is 6.15. The fraction of sp³-hybridized carbons (Fsp3) is 0.333. The summed E-state index contributed by atoms with van der Waals surface area (Å²) in [5, 5.41) is 11.3. The molecule has 3 rings (SSSR count). The fourth-order valence-electron chi connectivity index (χ4n) is 3.02. The van der Waals surface area contributed by atoms with Crippen molar-refractivity contribution in [3.63, 3.8) is 0 Å². The highest BCUT2D eigenvalue weighted by Gasteiger charge is 2.17. The molecule has 0 amide bonds. The van der Waals surface area contributed by atoms with Crippen molar-refractivity contribution in [1.29, 1.82) is 0 Å². The Labute approximate surface area is 125 Å². The van der Waals surface area contributed by atoms with Crippen molar-refractivity contribution < 1.29 is 5.11 Å². The molecule has 1 aliphatic rings. The summed E-state index contributed by atoms with van der Waals surface area (Å²) in [6.45, 7) is 1.96. The van der Waals surface area contributed by atoms with E-state index in [0.29, 0.717) is 5.02 Å². The van der Waals surface area contributed by atoms with Crippen LogP contribution in [0.15, 0.2) is 36.4 Å². The molecule has 1 unspecified atom stereocenters. The maximum atomic E-state index is 10.6. The molecule has 0 aromatic heterocycles. The molecule has 2 aromatic carbocycles. The number of hydrogen-bond acceptors (Lipinski definition) is 1. The second-order valence-corrected chi connectivity index (χ2v) is 6.00. The molecule has 0 radical (unpaired) electrons. The zero-order chi connectivity index (χ0) is 14.1. The first kappa shape index (κ1) is 13.7. The number of benzene rings is 2. The Balaban J connectivity index is 1.98. The van der Waals surface area contributed by atoms with Crippen LogP contribution in [0.2, 0.25) is 5.02 Å². The van der Waals surface area contributed by atoms with Crippen molar-refractivity contribution in [2.24, 2.45) is 0 Å². The Morgan fingerprint density at radius 1 is 1.05 bits per heavy atom. The molecule has 1 aliphatic carbocycles. The number of rotatable bonds is 2. The Bertz CT molecular complexity index is 633. The number of aliphatic hydroxyl groups excluding tert-OH is 1. The Morgan fingerprint density at radius 3 is 2.60 bits per heavy atom. The Kier molecular flexibility index (Phi) is 3.82. The first-order chi connectivity index (χ1) is 9.66. The standard InChI is InChI=1S/C18H19ClO/c1-12-16(7-4-8-17(12)19)18(20)15-10-9-13-5-2-3-6-14(13)11-15/h4,7-11,18,20H,2-3,5-6H2,1H3. The van der Waals surface area contributed by atoms with Crippen molar-refractivity contribution in [1.82, 2.24) is 0 Å². The van der Waals surface area contributed by atoms with Crippen LogP contribution in [0.5, 0.6) is 0 Å². The van der Waals surface area contributed by atoms with E-state index in [9.17, 15) is 5.11 Å². The Hall–Kier alpha value is -1.31. The highest BCUT2D eigenvalue weighted by atomic mass is 35.5. The molecule has 1 nitrogen and oxygen atoms in total. The third kappa shape index (κ3) is 2.48. The number of aryl methyl sites for hydroxylation is 2. The monoisotopic (exact) mass is 286 g/mol. The van der Waals surface area contributed by atoms with E-state index in [4.69, 9.17) is 11.6 Å². The van der Waals surface area contributed by atoms with Gasteiger partial charge in [-0.05, 0) is 66.5 Å². The summed E-state index contributed by atoms with van der Waals surface area (Å²) in [5.74, 6) is 0. The lowest BCUT2D eigenvalue weighted by atomic mass is 9.88. The Morgan fingerprint density at radius 2 is 1.80 bits per heavy atom. The van der Waals surface area contributed by atoms with Crippen LogP contribution in [0.25, 0.3) is 0 Å². The van der Waals surface area contributed by atoms with Crippen molar-refractivity contribution in [3.8, 4) is 0 Å². The van der Waals surface area contributed by atoms with Gasteiger partial charge in [-0.1, -0.05) is 41.9 Å². The van der Waals surface area contributed by atoms with Crippen LogP contribution in [0.3, 0.4) is 0 Å². The minimum atomic E-state index is -0.596. The van der Waals surface area contributed by atoms with Crippen molar-refractivity contribution in [3.05, 3.63) is 69.2 Å². The smallest absolute Gasteiger partial charge is 0.104 e. The van der Waals surface area contributed by atoms with Gasteiger partial charge in [-0.2, -0.15) is 0 Å². The predicted octanol–water partition coefficient (Wildman–Crippen LogP) is 4.61. The van der Waals surface area contributed by atoms with Gasteiger partial charge in [0, 0.05) is 5.02 Å². The molecule has 1 atom stereocenters. The third-order valence-corrected chi connectivity index (χ3v) is 4.70. The SMILES string of the molecule is Cc1c(Cl)cccc1C(O)c1ccc2c(c1)CCCC2. The minimum Gasteiger partial charge on any atom is -0.384 e. The van der Waals surface area contributed by atoms with Crippen molar-refractivity contribution >= 4 is 11.6 Å². The summed E-state index contributed by atoms with van der Waals surface area (Å²) in [4.78, 5) is 0. The summed E-state index contributed by atoms with van der Waals surface area (Å²) in [7, 11) is 0. The van der Waals surface area contributed by atoms with Gasteiger partial charge in [-0.25, -0.2) is 0 Å². The van der Waals surface area contributed by atoms with Gasteiger partial charge < -0.3 is 5.11 Å². The molecule has 0 saturated heterocycles. The van der Waals surface area contributed by atoms with Crippen molar-refractivity contribution in [2.45, 2.75) is 38.7 Å². The molecule has 104 valence electrons. The molecule has 0 spiro atoms. The number of halogens is 1. The van der Waals surface area contributed by atoms with Crippen LogP contribution < -0.4 is 0 Å². The molecular weight excluding hydrogens is 268 g/mol. The van der Waals surface area contributed by atoms with E-state index in [2.05, 4.69) is 18.2 Å². The maximum Gasteiger partial charge on any atom is 0.104 e. The van der Waals surface area contributed by atoms with Crippen LogP contribution in [0.4, 0.5) is 0 Å². The zero-order valence-electron chi connectivity index (χ0n) is 11.7. The van der Waals surface area contributed by atoms with Crippen molar-refractivity contribution in [2.75, 3.05) is 0 Å². The van der Waals surface area contributed by atoms with Gasteiger partial charge in [0.25, 0.3) is 0 Å². The van der Waals surface area contributed by atoms with E-state index in [1.165, 1.54) is 30.4 Å². The van der Waals surface area contributed by atoms with Gasteiger partial charge >= 0.3 is 0 Å². The largest absolute Gasteiger partial charge is 0.384 e. The molecule has 0 aliphatic heterocycles. The first-order valence-electron chi connectivity index (χ1n) is 7.21. The highest BCUT2D eigenvalue weighted by Crippen LogP contribution is 2.31.